The highest BCUT2D eigenvalue weighted by molar-refractivity contribution is 5.67. The Kier molecular flexibility index (Phi) is 5.45. The van der Waals surface area contributed by atoms with E-state index in [4.69, 9.17) is 9.84 Å². The number of aliphatic carboxylic acids is 1. The summed E-state index contributed by atoms with van der Waals surface area (Å²) >= 11 is 0. The van der Waals surface area contributed by atoms with Crippen LogP contribution in [0, 0.1) is 5.92 Å². The zero-order chi connectivity index (χ0) is 17.6. The van der Waals surface area contributed by atoms with Crippen molar-refractivity contribution in [3.05, 3.63) is 47.8 Å². The molecule has 1 saturated heterocycles. The highest BCUT2D eigenvalue weighted by Crippen LogP contribution is 2.33. The second-order valence-electron chi connectivity index (χ2n) is 6.22. The zero-order valence-electron chi connectivity index (χ0n) is 14.1. The summed E-state index contributed by atoms with van der Waals surface area (Å²) < 4.78 is 5.35. The van der Waals surface area contributed by atoms with E-state index >= 15 is 0 Å². The van der Waals surface area contributed by atoms with Crippen molar-refractivity contribution < 1.29 is 14.6 Å². The van der Waals surface area contributed by atoms with Gasteiger partial charge in [-0.2, -0.15) is 15.4 Å². The molecule has 7 heteroatoms. The highest BCUT2D eigenvalue weighted by Gasteiger charge is 2.36. The van der Waals surface area contributed by atoms with E-state index < -0.39 is 5.97 Å². The van der Waals surface area contributed by atoms with Crippen LogP contribution in [0.2, 0.25) is 0 Å². The van der Waals surface area contributed by atoms with Gasteiger partial charge in [0.15, 0.2) is 0 Å². The van der Waals surface area contributed by atoms with Crippen LogP contribution in [-0.4, -0.2) is 58.1 Å². The van der Waals surface area contributed by atoms with Gasteiger partial charge in [0.25, 0.3) is 0 Å². The molecule has 0 amide bonds. The van der Waals surface area contributed by atoms with Crippen LogP contribution in [0.3, 0.4) is 0 Å². The quantitative estimate of drug-likeness (QED) is 0.800. The van der Waals surface area contributed by atoms with Gasteiger partial charge in [-0.1, -0.05) is 30.4 Å². The van der Waals surface area contributed by atoms with E-state index in [1.54, 1.807) is 13.3 Å². The second-order valence-corrected chi connectivity index (χ2v) is 6.22. The smallest absolute Gasteiger partial charge is 0.303 e. The summed E-state index contributed by atoms with van der Waals surface area (Å²) in [7, 11) is 1.66. The standard InChI is InChI=1S/C18H22N4O3/c1-25-17-7-3-2-5-13(17)6-4-8-22-11-14(9-18(23)24)15(12-22)16-10-19-21-20-16/h2-7,10,14-15H,8-9,11-12H2,1H3,(H,23,24)(H,19,20,21)/t14-,15+/m0/s1. The fourth-order valence-electron chi connectivity index (χ4n) is 3.40. The number of para-hydroxylation sites is 1. The van der Waals surface area contributed by atoms with Gasteiger partial charge in [-0.3, -0.25) is 9.69 Å². The predicted molar refractivity (Wildman–Crippen MR) is 93.3 cm³/mol. The molecule has 0 bridgehead atoms. The van der Waals surface area contributed by atoms with Crippen LogP contribution in [0.1, 0.15) is 23.6 Å². The molecule has 0 radical (unpaired) electrons. The number of rotatable bonds is 7. The fourth-order valence-corrected chi connectivity index (χ4v) is 3.40. The average Bonchev–Trinajstić information content (AvgIpc) is 3.24. The highest BCUT2D eigenvalue weighted by atomic mass is 16.5. The summed E-state index contributed by atoms with van der Waals surface area (Å²) in [5.74, 6) is 0.200. The third kappa shape index (κ3) is 4.24. The minimum absolute atomic E-state index is 0.0438. The van der Waals surface area contributed by atoms with Gasteiger partial charge in [-0.15, -0.1) is 0 Å². The van der Waals surface area contributed by atoms with Crippen molar-refractivity contribution in [2.24, 2.45) is 5.92 Å². The summed E-state index contributed by atoms with van der Waals surface area (Å²) in [6.45, 7) is 2.27. The van der Waals surface area contributed by atoms with E-state index in [2.05, 4.69) is 26.4 Å². The molecule has 2 heterocycles. The first kappa shape index (κ1) is 17.2. The van der Waals surface area contributed by atoms with E-state index in [-0.39, 0.29) is 18.3 Å². The number of likely N-dealkylation sites (tertiary alicyclic amines) is 1. The number of benzene rings is 1. The molecule has 1 aromatic heterocycles. The first-order valence-corrected chi connectivity index (χ1v) is 8.26. The lowest BCUT2D eigenvalue weighted by molar-refractivity contribution is -0.138. The van der Waals surface area contributed by atoms with Crippen molar-refractivity contribution in [3.63, 3.8) is 0 Å². The molecule has 0 saturated carbocycles. The van der Waals surface area contributed by atoms with Crippen molar-refractivity contribution >= 4 is 12.0 Å². The minimum atomic E-state index is -0.773. The molecule has 1 fully saturated rings. The molecule has 1 aromatic carbocycles. The van der Waals surface area contributed by atoms with Gasteiger partial charge >= 0.3 is 5.97 Å². The molecule has 1 aliphatic rings. The number of ether oxygens (including phenoxy) is 1. The molecule has 2 N–H and O–H groups in total. The van der Waals surface area contributed by atoms with Crippen molar-refractivity contribution in [2.45, 2.75) is 12.3 Å². The molecule has 132 valence electrons. The van der Waals surface area contributed by atoms with Crippen molar-refractivity contribution in [2.75, 3.05) is 26.7 Å². The molecule has 0 unspecified atom stereocenters. The molecule has 2 atom stereocenters. The molecule has 1 aliphatic heterocycles. The Labute approximate surface area is 146 Å². The van der Waals surface area contributed by atoms with Gasteiger partial charge in [0.2, 0.25) is 0 Å². The maximum Gasteiger partial charge on any atom is 0.303 e. The monoisotopic (exact) mass is 342 g/mol. The number of aromatic nitrogens is 3. The Morgan fingerprint density at radius 3 is 3.00 bits per heavy atom. The van der Waals surface area contributed by atoms with Crippen LogP contribution in [0.5, 0.6) is 5.75 Å². The summed E-state index contributed by atoms with van der Waals surface area (Å²) in [5, 5.41) is 19.8. The van der Waals surface area contributed by atoms with Crippen LogP contribution in [0.25, 0.3) is 6.08 Å². The van der Waals surface area contributed by atoms with E-state index in [1.807, 2.05) is 30.3 Å². The van der Waals surface area contributed by atoms with Crippen molar-refractivity contribution in [1.29, 1.82) is 0 Å². The van der Waals surface area contributed by atoms with E-state index in [0.717, 1.165) is 36.6 Å². The van der Waals surface area contributed by atoms with Gasteiger partial charge in [0.1, 0.15) is 5.75 Å². The van der Waals surface area contributed by atoms with Gasteiger partial charge in [0, 0.05) is 31.1 Å². The number of nitrogens with one attached hydrogen (secondary N) is 1. The predicted octanol–water partition coefficient (Wildman–Crippen LogP) is 2.02. The summed E-state index contributed by atoms with van der Waals surface area (Å²) in [6.07, 6.45) is 5.95. The normalized spacial score (nSPS) is 21.0. The maximum absolute atomic E-state index is 11.2. The topological polar surface area (TPSA) is 91.3 Å². The SMILES string of the molecule is COc1ccccc1C=CCN1C[C@H](CC(=O)O)[C@H](c2cn[nH]n2)C1. The molecule has 2 aromatic rings. The first-order valence-electron chi connectivity index (χ1n) is 8.26. The molecule has 7 nitrogen and oxygen atoms in total. The first-order chi connectivity index (χ1) is 12.2. The van der Waals surface area contributed by atoms with Crippen LogP contribution in [-0.2, 0) is 4.79 Å². The number of carboxylic acids is 1. The van der Waals surface area contributed by atoms with Gasteiger partial charge < -0.3 is 9.84 Å². The third-order valence-electron chi connectivity index (χ3n) is 4.57. The Morgan fingerprint density at radius 2 is 2.28 bits per heavy atom. The average molecular weight is 342 g/mol. The third-order valence-corrected chi connectivity index (χ3v) is 4.57. The molecule has 25 heavy (non-hydrogen) atoms. The van der Waals surface area contributed by atoms with Crippen LogP contribution < -0.4 is 4.74 Å². The summed E-state index contributed by atoms with van der Waals surface area (Å²) in [4.78, 5) is 13.4. The van der Waals surface area contributed by atoms with E-state index in [9.17, 15) is 4.79 Å². The number of hydrogen-bond acceptors (Lipinski definition) is 5. The Balaban J connectivity index is 1.65. The maximum atomic E-state index is 11.2. The largest absolute Gasteiger partial charge is 0.496 e. The number of H-pyrrole nitrogens is 1. The second kappa shape index (κ2) is 7.94. The van der Waals surface area contributed by atoms with Gasteiger partial charge in [0.05, 0.1) is 25.4 Å². The number of hydrogen-bond donors (Lipinski definition) is 2. The molecule has 0 aliphatic carbocycles. The lowest BCUT2D eigenvalue weighted by Crippen LogP contribution is -2.21. The van der Waals surface area contributed by atoms with Crippen LogP contribution >= 0.6 is 0 Å². The lowest BCUT2D eigenvalue weighted by atomic mass is 9.91. The Morgan fingerprint density at radius 1 is 1.44 bits per heavy atom. The number of methoxy groups -OCH3 is 1. The van der Waals surface area contributed by atoms with Gasteiger partial charge in [-0.25, -0.2) is 0 Å². The Bertz CT molecular complexity index is 730. The summed E-state index contributed by atoms with van der Waals surface area (Å²) in [6, 6.07) is 7.85. The fraction of sp³-hybridized carbons (Fsp3) is 0.389. The van der Waals surface area contributed by atoms with E-state index in [0.29, 0.717) is 0 Å². The summed E-state index contributed by atoms with van der Waals surface area (Å²) in [5.41, 5.74) is 1.86. The number of nitrogens with zero attached hydrogens (tertiary/aromatic N) is 3. The molecule has 0 spiro atoms. The van der Waals surface area contributed by atoms with Crippen LogP contribution in [0.15, 0.2) is 36.5 Å². The molecular formula is C18H22N4O3. The number of carbonyl (C=O) groups is 1. The lowest BCUT2D eigenvalue weighted by Gasteiger charge is -2.12. The number of aromatic amines is 1. The Hall–Kier alpha value is -2.67. The van der Waals surface area contributed by atoms with Crippen LogP contribution in [0.4, 0.5) is 0 Å². The van der Waals surface area contributed by atoms with E-state index in [1.165, 1.54) is 0 Å². The van der Waals surface area contributed by atoms with Crippen molar-refractivity contribution in [1.82, 2.24) is 20.3 Å². The minimum Gasteiger partial charge on any atom is -0.496 e. The van der Waals surface area contributed by atoms with Gasteiger partial charge in [-0.05, 0) is 12.0 Å². The molecular weight excluding hydrogens is 320 g/mol. The zero-order valence-corrected chi connectivity index (χ0v) is 14.1. The van der Waals surface area contributed by atoms with Crippen molar-refractivity contribution in [3.8, 4) is 5.75 Å². The number of carboxylic acid groups (broad SMARTS) is 1. The molecule has 3 rings (SSSR count).